The number of nitriles is 1. The summed E-state index contributed by atoms with van der Waals surface area (Å²) in [6, 6.07) is 8.19. The highest BCUT2D eigenvalue weighted by atomic mass is 19.1. The predicted molar refractivity (Wildman–Crippen MR) is 191 cm³/mol. The largest absolute Gasteiger partial charge is 0.508 e. The van der Waals surface area contributed by atoms with Gasteiger partial charge < -0.3 is 14.7 Å². The minimum Gasteiger partial charge on any atom is -0.508 e. The minimum absolute atomic E-state index is 0.0134. The Hall–Kier alpha value is -5.11. The van der Waals surface area contributed by atoms with Crippen LogP contribution in [0.15, 0.2) is 30.5 Å². The van der Waals surface area contributed by atoms with Gasteiger partial charge in [-0.1, -0.05) is 12.0 Å². The van der Waals surface area contributed by atoms with Crippen LogP contribution in [0.3, 0.4) is 0 Å². The van der Waals surface area contributed by atoms with Crippen molar-refractivity contribution in [2.75, 3.05) is 44.2 Å². The van der Waals surface area contributed by atoms with Gasteiger partial charge in [0.2, 0.25) is 0 Å². The van der Waals surface area contributed by atoms with E-state index in [1.807, 2.05) is 0 Å². The van der Waals surface area contributed by atoms with E-state index in [0.29, 0.717) is 61.0 Å². The van der Waals surface area contributed by atoms with Crippen LogP contribution in [-0.4, -0.2) is 97.8 Å². The summed E-state index contributed by atoms with van der Waals surface area (Å²) in [4.78, 5) is 16.4. The van der Waals surface area contributed by atoms with E-state index in [9.17, 15) is 14.8 Å². The van der Waals surface area contributed by atoms with Crippen molar-refractivity contribution in [2.45, 2.75) is 62.3 Å². The number of aryl methyl sites for hydroxylation is 1. The van der Waals surface area contributed by atoms with E-state index in [-0.39, 0.29) is 63.6 Å². The zero-order valence-electron chi connectivity index (χ0n) is 28.7. The Morgan fingerprint density at radius 3 is 2.67 bits per heavy atom. The van der Waals surface area contributed by atoms with E-state index in [0.717, 1.165) is 32.2 Å². The third-order valence-corrected chi connectivity index (χ3v) is 11.7. The highest BCUT2D eigenvalue weighted by Crippen LogP contribution is 2.46. The molecule has 13 heteroatoms. The average Bonchev–Trinajstić information content (AvgIpc) is 3.84. The average molecular weight is 707 g/mol. The number of nitrogens with zero attached hydrogens (tertiary/aromatic N) is 8. The van der Waals surface area contributed by atoms with Gasteiger partial charge in [-0.3, -0.25) is 14.5 Å². The van der Waals surface area contributed by atoms with E-state index in [1.54, 1.807) is 17.9 Å². The standard InChI is InChI=1S/C39H37F3N8O2/c1-3-27-30(41)9-6-22-14-26(51)15-28(31(22)27)32-34(42)36-33(29-20-47(2)46-35(29)32)37(48-18-24-7-8-25(19-48)50(24)13-5-11-43)45-38(44-36)52-21-39-10-4-12-49(39)17-23(40)16-39/h1,6,9,14-15,20,23-25,51H,4-5,7-8,10,12-13,16-19,21H2,2H3/t23-,24-,25+,39+/m1/s1. The van der Waals surface area contributed by atoms with Crippen LogP contribution < -0.4 is 9.64 Å². The van der Waals surface area contributed by atoms with Crippen molar-refractivity contribution >= 4 is 38.4 Å². The molecule has 2 aromatic heterocycles. The van der Waals surface area contributed by atoms with Crippen LogP contribution in [0.5, 0.6) is 11.8 Å². The van der Waals surface area contributed by atoms with Crippen molar-refractivity contribution in [3.63, 3.8) is 0 Å². The van der Waals surface area contributed by atoms with E-state index < -0.39 is 23.3 Å². The van der Waals surface area contributed by atoms with E-state index >= 15 is 8.78 Å². The number of alkyl halides is 1. The summed E-state index contributed by atoms with van der Waals surface area (Å²) < 4.78 is 55.5. The maximum absolute atomic E-state index is 17.7. The van der Waals surface area contributed by atoms with Gasteiger partial charge in [-0.15, -0.1) is 6.42 Å². The number of ether oxygens (including phenoxy) is 1. The Balaban J connectivity index is 1.26. The smallest absolute Gasteiger partial charge is 0.319 e. The predicted octanol–water partition coefficient (Wildman–Crippen LogP) is 5.82. The van der Waals surface area contributed by atoms with Crippen molar-refractivity contribution in [2.24, 2.45) is 7.05 Å². The van der Waals surface area contributed by atoms with Crippen LogP contribution in [0.2, 0.25) is 0 Å². The second-order valence-electron chi connectivity index (χ2n) is 14.8. The van der Waals surface area contributed by atoms with Crippen LogP contribution >= 0.6 is 0 Å². The molecule has 52 heavy (non-hydrogen) atoms. The number of benzene rings is 3. The second kappa shape index (κ2) is 12.2. The van der Waals surface area contributed by atoms with E-state index in [1.165, 1.54) is 24.3 Å². The number of piperazine rings is 1. The first kappa shape index (κ1) is 32.8. The summed E-state index contributed by atoms with van der Waals surface area (Å²) in [5.41, 5.74) is -0.0770. The quantitative estimate of drug-likeness (QED) is 0.210. The molecule has 6 heterocycles. The number of fused-ring (bicyclic) bond motifs is 7. The fourth-order valence-electron chi connectivity index (χ4n) is 9.57. The van der Waals surface area contributed by atoms with Gasteiger partial charge in [0.05, 0.1) is 22.6 Å². The molecule has 4 aliphatic heterocycles. The molecule has 0 saturated carbocycles. The van der Waals surface area contributed by atoms with Gasteiger partial charge in [-0.2, -0.15) is 20.3 Å². The summed E-state index contributed by atoms with van der Waals surface area (Å²) in [6.45, 7) is 3.24. The van der Waals surface area contributed by atoms with Crippen molar-refractivity contribution in [1.82, 2.24) is 29.5 Å². The number of hydrogen-bond donors (Lipinski definition) is 1. The Morgan fingerprint density at radius 1 is 1.10 bits per heavy atom. The lowest BCUT2D eigenvalue weighted by molar-refractivity contribution is 0.107. The number of phenols is 1. The van der Waals surface area contributed by atoms with E-state index in [2.05, 4.69) is 26.7 Å². The molecule has 0 unspecified atom stereocenters. The second-order valence-corrected chi connectivity index (χ2v) is 14.8. The molecule has 10 nitrogen and oxygen atoms in total. The van der Waals surface area contributed by atoms with Crippen molar-refractivity contribution < 1.29 is 23.0 Å². The first-order valence-electron chi connectivity index (χ1n) is 17.9. The van der Waals surface area contributed by atoms with Gasteiger partial charge in [0.15, 0.2) is 5.82 Å². The molecule has 4 atom stereocenters. The number of aromatic hydroxyl groups is 1. The Morgan fingerprint density at radius 2 is 1.90 bits per heavy atom. The maximum Gasteiger partial charge on any atom is 0.319 e. The summed E-state index contributed by atoms with van der Waals surface area (Å²) in [7, 11) is 1.74. The lowest BCUT2D eigenvalue weighted by Gasteiger charge is -2.41. The molecule has 0 aliphatic carbocycles. The van der Waals surface area contributed by atoms with Gasteiger partial charge in [0.1, 0.15) is 41.2 Å². The molecule has 0 spiro atoms. The summed E-state index contributed by atoms with van der Waals surface area (Å²) >= 11 is 0. The third-order valence-electron chi connectivity index (χ3n) is 11.7. The molecule has 4 fully saturated rings. The molecule has 4 saturated heterocycles. The topological polar surface area (TPSA) is 107 Å². The Labute approximate surface area is 298 Å². The lowest BCUT2D eigenvalue weighted by atomic mass is 9.91. The summed E-state index contributed by atoms with van der Waals surface area (Å²) in [6.07, 6.45) is 11.1. The van der Waals surface area contributed by atoms with Crippen molar-refractivity contribution in [3.8, 4) is 41.3 Å². The van der Waals surface area contributed by atoms with Crippen molar-refractivity contribution in [1.29, 1.82) is 5.26 Å². The van der Waals surface area contributed by atoms with Crippen molar-refractivity contribution in [3.05, 3.63) is 47.7 Å². The molecule has 2 bridgehead atoms. The molecular formula is C39H37F3N8O2. The van der Waals surface area contributed by atoms with Crippen LogP contribution in [0.4, 0.5) is 19.0 Å². The molecule has 4 aliphatic rings. The highest BCUT2D eigenvalue weighted by Gasteiger charge is 2.49. The highest BCUT2D eigenvalue weighted by molar-refractivity contribution is 6.18. The maximum atomic E-state index is 17.7. The lowest BCUT2D eigenvalue weighted by Crippen LogP contribution is -2.54. The van der Waals surface area contributed by atoms with Gasteiger partial charge >= 0.3 is 6.01 Å². The Kier molecular flexibility index (Phi) is 7.72. The molecule has 5 aromatic rings. The first-order chi connectivity index (χ1) is 25.2. The van der Waals surface area contributed by atoms with Crippen LogP contribution in [0.25, 0.3) is 43.7 Å². The first-order valence-corrected chi connectivity index (χ1v) is 17.9. The fraction of sp³-hybridized carbons (Fsp3) is 0.436. The number of hydrogen-bond acceptors (Lipinski definition) is 9. The van der Waals surface area contributed by atoms with Crippen LogP contribution in [0.1, 0.15) is 44.1 Å². The third kappa shape index (κ3) is 5.05. The number of aromatic nitrogens is 4. The van der Waals surface area contributed by atoms with Gasteiger partial charge in [0, 0.05) is 80.7 Å². The zero-order valence-corrected chi connectivity index (χ0v) is 28.7. The monoisotopic (exact) mass is 706 g/mol. The number of rotatable bonds is 7. The molecule has 3 aromatic carbocycles. The Bertz CT molecular complexity index is 2350. The zero-order chi connectivity index (χ0) is 35.9. The van der Waals surface area contributed by atoms with Crippen LogP contribution in [-0.2, 0) is 7.05 Å². The molecular weight excluding hydrogens is 669 g/mol. The molecule has 9 rings (SSSR count). The fourth-order valence-corrected chi connectivity index (χ4v) is 9.57. The number of halogens is 3. The molecule has 1 N–H and O–H groups in total. The van der Waals surface area contributed by atoms with E-state index in [4.69, 9.17) is 26.2 Å². The van der Waals surface area contributed by atoms with Gasteiger partial charge in [-0.05, 0) is 61.4 Å². The number of terminal acetylenes is 1. The normalized spacial score (nSPS) is 24.6. The summed E-state index contributed by atoms with van der Waals surface area (Å²) in [5.74, 6) is 1.39. The van der Waals surface area contributed by atoms with Crippen LogP contribution in [0, 0.1) is 35.3 Å². The molecule has 0 amide bonds. The van der Waals surface area contributed by atoms with Gasteiger partial charge in [0.25, 0.3) is 0 Å². The summed E-state index contributed by atoms with van der Waals surface area (Å²) in [5, 5.41) is 26.6. The van der Waals surface area contributed by atoms with Gasteiger partial charge in [-0.25, -0.2) is 13.2 Å². The molecule has 0 radical (unpaired) electrons. The molecule has 266 valence electrons. The number of anilines is 1. The SMILES string of the molecule is C#Cc1c(F)ccc2cc(O)cc(-c3c(F)c4nc(OC[C@@]56CCCN5C[C@H](F)C6)nc(N5C[C@H]6CC[C@@H](C5)N6CCC#N)c4c4cn(C)nc34)c12. The minimum atomic E-state index is -0.946. The number of phenolic OH excluding ortho intramolecular Hbond substituents is 1.